The van der Waals surface area contributed by atoms with Crippen molar-refractivity contribution >= 4 is 72.9 Å². The van der Waals surface area contributed by atoms with Crippen molar-refractivity contribution in [3.8, 4) is 0 Å². The molecule has 0 saturated carbocycles. The topological polar surface area (TPSA) is 80.3 Å². The minimum absolute atomic E-state index is 0. The molecule has 7 heteroatoms. The molecule has 0 aromatic carbocycles. The van der Waals surface area contributed by atoms with E-state index in [-0.39, 0.29) is 50.6 Å². The van der Waals surface area contributed by atoms with Crippen LogP contribution in [-0.4, -0.2) is 49.7 Å². The van der Waals surface area contributed by atoms with Gasteiger partial charge in [0.2, 0.25) is 0 Å². The number of rotatable bonds is 12. The van der Waals surface area contributed by atoms with E-state index in [9.17, 15) is 19.8 Å². The number of hydrogen-bond donors (Lipinski definition) is 0. The summed E-state index contributed by atoms with van der Waals surface area (Å²) >= 11 is 11.0. The van der Waals surface area contributed by atoms with Gasteiger partial charge in [0, 0.05) is 22.0 Å². The van der Waals surface area contributed by atoms with Crippen molar-refractivity contribution in [2.45, 2.75) is 64.2 Å². The molecule has 0 aliphatic heterocycles. The smallest absolute Gasteiger partial charge is 0.550 e. The molecular weight excluding hydrogens is 367 g/mol. The maximum absolute atomic E-state index is 9.94. The van der Waals surface area contributed by atoms with Crippen LogP contribution < -0.4 is 10.2 Å². The SMILES string of the molecule is C=C(Cl)CCCCCC(=O)[O-].C=C(Cl)CCCCCC(=O)[O-].[Ca+2]. The van der Waals surface area contributed by atoms with E-state index < -0.39 is 11.9 Å². The average molecular weight is 391 g/mol. The molecule has 0 amide bonds. The molecule has 0 aliphatic rings. The second-order valence-electron chi connectivity index (χ2n) is 4.90. The minimum Gasteiger partial charge on any atom is -0.550 e. The zero-order valence-electron chi connectivity index (χ0n) is 13.6. The fourth-order valence-electron chi connectivity index (χ4n) is 1.53. The van der Waals surface area contributed by atoms with Crippen LogP contribution in [0.25, 0.3) is 0 Å². The minimum atomic E-state index is -0.977. The number of hydrogen-bond acceptors (Lipinski definition) is 4. The van der Waals surface area contributed by atoms with Crippen LogP contribution in [0.1, 0.15) is 64.2 Å². The molecule has 0 spiro atoms. The zero-order valence-corrected chi connectivity index (χ0v) is 17.3. The molecule has 0 radical (unpaired) electrons. The van der Waals surface area contributed by atoms with Gasteiger partial charge in [0.15, 0.2) is 0 Å². The fourth-order valence-corrected chi connectivity index (χ4v) is 1.79. The van der Waals surface area contributed by atoms with Crippen LogP contribution in [0.3, 0.4) is 0 Å². The molecule has 0 aromatic rings. The molecule has 0 aliphatic carbocycles. The quantitative estimate of drug-likeness (QED) is 0.378. The summed E-state index contributed by atoms with van der Waals surface area (Å²) in [7, 11) is 0. The Bertz CT molecular complexity index is 294. The number of halogens is 2. The predicted molar refractivity (Wildman–Crippen MR) is 91.9 cm³/mol. The van der Waals surface area contributed by atoms with E-state index in [1.165, 1.54) is 0 Å². The Kier molecular flexibility index (Phi) is 24.8. The monoisotopic (exact) mass is 390 g/mol. The third kappa shape index (κ3) is 34.6. The molecule has 0 aromatic heterocycles. The zero-order chi connectivity index (χ0) is 17.4. The first kappa shape index (κ1) is 28.1. The summed E-state index contributed by atoms with van der Waals surface area (Å²) in [6.07, 6.45) is 6.76. The average Bonchev–Trinajstić information content (AvgIpc) is 2.37. The molecule has 0 rings (SSSR count). The van der Waals surface area contributed by atoms with Gasteiger partial charge in [0.25, 0.3) is 0 Å². The molecule has 0 fully saturated rings. The second kappa shape index (κ2) is 20.3. The van der Waals surface area contributed by atoms with E-state index in [1.54, 1.807) is 0 Å². The van der Waals surface area contributed by atoms with Gasteiger partial charge >= 0.3 is 37.7 Å². The molecule has 0 unspecified atom stereocenters. The number of carbonyl (C=O) groups is 2. The maximum Gasteiger partial charge on any atom is 2.00 e. The van der Waals surface area contributed by atoms with E-state index in [2.05, 4.69) is 13.2 Å². The van der Waals surface area contributed by atoms with Crippen molar-refractivity contribution < 1.29 is 19.8 Å². The molecule has 4 nitrogen and oxygen atoms in total. The van der Waals surface area contributed by atoms with Gasteiger partial charge in [0.05, 0.1) is 0 Å². The van der Waals surface area contributed by atoms with Gasteiger partial charge in [-0.25, -0.2) is 0 Å². The van der Waals surface area contributed by atoms with Crippen molar-refractivity contribution in [3.63, 3.8) is 0 Å². The van der Waals surface area contributed by atoms with Crippen molar-refractivity contribution in [3.05, 3.63) is 23.2 Å². The van der Waals surface area contributed by atoms with Gasteiger partial charge in [-0.3, -0.25) is 0 Å². The normalized spacial score (nSPS) is 9.13. The van der Waals surface area contributed by atoms with E-state index >= 15 is 0 Å². The third-order valence-corrected chi connectivity index (χ3v) is 3.04. The van der Waals surface area contributed by atoms with Crippen molar-refractivity contribution in [2.24, 2.45) is 0 Å². The van der Waals surface area contributed by atoms with Crippen LogP contribution in [0.4, 0.5) is 0 Å². The van der Waals surface area contributed by atoms with Crippen LogP contribution in [0.2, 0.25) is 0 Å². The largest absolute Gasteiger partial charge is 2.00 e. The number of carboxylic acid groups (broad SMARTS) is 2. The Morgan fingerprint density at radius 2 is 0.913 bits per heavy atom. The van der Waals surface area contributed by atoms with Crippen LogP contribution >= 0.6 is 23.2 Å². The number of carboxylic acids is 2. The summed E-state index contributed by atoms with van der Waals surface area (Å²) < 4.78 is 0. The molecule has 0 bridgehead atoms. The fraction of sp³-hybridized carbons (Fsp3) is 0.625. The van der Waals surface area contributed by atoms with E-state index in [0.29, 0.717) is 22.9 Å². The van der Waals surface area contributed by atoms with Gasteiger partial charge in [-0.1, -0.05) is 49.2 Å². The predicted octanol–water partition coefficient (Wildman–Crippen LogP) is 2.50. The standard InChI is InChI=1S/2C8H13ClO2.Ca/c2*1-7(9)5-3-2-4-6-8(10)11;/h2*1-6H2,(H,10,11);/q;;+2/p-2. The van der Waals surface area contributed by atoms with Crippen molar-refractivity contribution in [1.82, 2.24) is 0 Å². The number of carbonyl (C=O) groups excluding carboxylic acids is 2. The Morgan fingerprint density at radius 1 is 0.652 bits per heavy atom. The molecule has 0 atom stereocenters. The van der Waals surface area contributed by atoms with Crippen molar-refractivity contribution in [1.29, 1.82) is 0 Å². The molecule has 128 valence electrons. The van der Waals surface area contributed by atoms with Crippen LogP contribution in [-0.2, 0) is 9.59 Å². The molecule has 0 N–H and O–H groups in total. The number of unbranched alkanes of at least 4 members (excludes halogenated alkanes) is 4. The Morgan fingerprint density at radius 3 is 1.13 bits per heavy atom. The first-order valence-corrected chi connectivity index (χ1v) is 8.07. The van der Waals surface area contributed by atoms with E-state index in [0.717, 1.165) is 38.5 Å². The third-order valence-electron chi connectivity index (χ3n) is 2.66. The Hall–Kier alpha value is 0.260. The van der Waals surface area contributed by atoms with Gasteiger partial charge < -0.3 is 19.8 Å². The van der Waals surface area contributed by atoms with Gasteiger partial charge in [0.1, 0.15) is 0 Å². The summed E-state index contributed by atoms with van der Waals surface area (Å²) in [6.45, 7) is 7.05. The summed E-state index contributed by atoms with van der Waals surface area (Å²) in [6, 6.07) is 0. The maximum atomic E-state index is 9.94. The number of allylic oxidation sites excluding steroid dienone is 2. The van der Waals surface area contributed by atoms with Gasteiger partial charge in [-0.15, -0.1) is 0 Å². The second-order valence-corrected chi connectivity index (χ2v) is 5.97. The Balaban J connectivity index is -0.000000333. The van der Waals surface area contributed by atoms with Crippen LogP contribution in [0.15, 0.2) is 23.2 Å². The summed E-state index contributed by atoms with van der Waals surface area (Å²) in [5.74, 6) is -1.95. The van der Waals surface area contributed by atoms with Crippen LogP contribution in [0.5, 0.6) is 0 Å². The molecule has 0 heterocycles. The molecule has 0 saturated heterocycles. The van der Waals surface area contributed by atoms with Gasteiger partial charge in [-0.2, -0.15) is 0 Å². The molecule has 23 heavy (non-hydrogen) atoms. The number of aliphatic carboxylic acids is 2. The first-order valence-electron chi connectivity index (χ1n) is 7.32. The summed E-state index contributed by atoms with van der Waals surface area (Å²) in [5, 5.41) is 21.2. The first-order chi connectivity index (χ1) is 10.3. The van der Waals surface area contributed by atoms with E-state index in [1.807, 2.05) is 0 Å². The van der Waals surface area contributed by atoms with E-state index in [4.69, 9.17) is 23.2 Å². The van der Waals surface area contributed by atoms with Crippen molar-refractivity contribution in [2.75, 3.05) is 0 Å². The summed E-state index contributed by atoms with van der Waals surface area (Å²) in [4.78, 5) is 19.9. The Labute approximate surface area is 178 Å². The molecular formula is C16H24CaCl2O4. The summed E-state index contributed by atoms with van der Waals surface area (Å²) in [5.41, 5.74) is 0. The van der Waals surface area contributed by atoms with Gasteiger partial charge in [-0.05, 0) is 51.4 Å². The van der Waals surface area contributed by atoms with Crippen LogP contribution in [0, 0.1) is 0 Å².